The molecule has 4 rings (SSSR count). The molecule has 0 bridgehead atoms. The highest BCUT2D eigenvalue weighted by Crippen LogP contribution is 2.37. The highest BCUT2D eigenvalue weighted by Gasteiger charge is 2.33. The van der Waals surface area contributed by atoms with Crippen LogP contribution in [0.5, 0.6) is 23.0 Å². The van der Waals surface area contributed by atoms with Crippen molar-refractivity contribution in [2.75, 3.05) is 5.73 Å². The van der Waals surface area contributed by atoms with Crippen LogP contribution in [-0.4, -0.2) is 0 Å². The van der Waals surface area contributed by atoms with Crippen LogP contribution in [-0.2, 0) is 6.18 Å². The highest BCUT2D eigenvalue weighted by molar-refractivity contribution is 5.85. The molecule has 6 heteroatoms. The van der Waals surface area contributed by atoms with Crippen LogP contribution >= 0.6 is 0 Å². The zero-order valence-electron chi connectivity index (χ0n) is 17.0. The van der Waals surface area contributed by atoms with Crippen molar-refractivity contribution in [1.82, 2.24) is 0 Å². The predicted molar refractivity (Wildman–Crippen MR) is 116 cm³/mol. The molecule has 31 heavy (non-hydrogen) atoms. The lowest BCUT2D eigenvalue weighted by atomic mass is 10.1. The Morgan fingerprint density at radius 3 is 1.71 bits per heavy atom. The van der Waals surface area contributed by atoms with Crippen molar-refractivity contribution in [1.29, 1.82) is 0 Å². The molecule has 0 atom stereocenters. The maximum absolute atomic E-state index is 13.1. The lowest BCUT2D eigenvalue weighted by molar-refractivity contribution is -0.137. The van der Waals surface area contributed by atoms with Crippen LogP contribution in [0.1, 0.15) is 16.7 Å². The fraction of sp³-hybridized carbons (Fsp3) is 0.120. The molecule has 0 fully saturated rings. The normalized spacial score (nSPS) is 11.5. The lowest BCUT2D eigenvalue weighted by Crippen LogP contribution is -2.08. The van der Waals surface area contributed by atoms with Gasteiger partial charge in [-0.2, -0.15) is 13.2 Å². The molecule has 158 valence electrons. The Morgan fingerprint density at radius 1 is 0.613 bits per heavy atom. The van der Waals surface area contributed by atoms with Crippen LogP contribution in [0.25, 0.3) is 10.8 Å². The number of fused-ring (bicyclic) bond motifs is 1. The second kappa shape index (κ2) is 7.87. The zero-order valence-corrected chi connectivity index (χ0v) is 17.0. The largest absolute Gasteiger partial charge is 0.457 e. The van der Waals surface area contributed by atoms with E-state index in [1.165, 1.54) is 17.7 Å². The summed E-state index contributed by atoms with van der Waals surface area (Å²) in [6.07, 6.45) is -4.55. The number of anilines is 1. The number of hydrogen-bond donors (Lipinski definition) is 1. The Labute approximate surface area is 177 Å². The van der Waals surface area contributed by atoms with Gasteiger partial charge in [-0.1, -0.05) is 18.2 Å². The first-order valence-electron chi connectivity index (χ1n) is 9.62. The summed E-state index contributed by atoms with van der Waals surface area (Å²) in [4.78, 5) is 0. The molecule has 0 aliphatic rings. The maximum Gasteiger partial charge on any atom is 0.418 e. The molecule has 0 saturated carbocycles. The van der Waals surface area contributed by atoms with Crippen molar-refractivity contribution in [3.63, 3.8) is 0 Å². The van der Waals surface area contributed by atoms with Gasteiger partial charge in [0.1, 0.15) is 23.0 Å². The minimum absolute atomic E-state index is 0.0587. The minimum Gasteiger partial charge on any atom is -0.457 e. The molecule has 2 N–H and O–H groups in total. The van der Waals surface area contributed by atoms with Gasteiger partial charge in [-0.15, -0.1) is 0 Å². The molecular formula is C25H20F3NO2. The Hall–Kier alpha value is -3.67. The molecule has 0 spiro atoms. The van der Waals surface area contributed by atoms with Gasteiger partial charge in [-0.05, 0) is 90.3 Å². The topological polar surface area (TPSA) is 44.5 Å². The molecule has 0 saturated heterocycles. The molecule has 0 amide bonds. The molecule has 0 heterocycles. The summed E-state index contributed by atoms with van der Waals surface area (Å²) in [6.45, 7) is 4.06. The third kappa shape index (κ3) is 4.58. The smallest absolute Gasteiger partial charge is 0.418 e. The maximum atomic E-state index is 13.1. The molecule has 4 aromatic carbocycles. The summed E-state index contributed by atoms with van der Waals surface area (Å²) in [5, 5.41) is 1.79. The quantitative estimate of drug-likeness (QED) is 0.343. The van der Waals surface area contributed by atoms with Crippen LogP contribution in [0.15, 0.2) is 72.8 Å². The minimum atomic E-state index is -4.55. The molecule has 4 aromatic rings. The number of nitrogen functional groups attached to an aromatic ring is 1. The van der Waals surface area contributed by atoms with Gasteiger partial charge in [-0.25, -0.2) is 0 Å². The fourth-order valence-electron chi connectivity index (χ4n) is 3.22. The average molecular weight is 423 g/mol. The van der Waals surface area contributed by atoms with Gasteiger partial charge >= 0.3 is 6.18 Å². The third-order valence-electron chi connectivity index (χ3n) is 5.06. The summed E-state index contributed by atoms with van der Waals surface area (Å²) in [5.74, 6) is 1.85. The number of halogens is 3. The number of ether oxygens (including phenoxy) is 2. The Bertz CT molecular complexity index is 1270. The van der Waals surface area contributed by atoms with Crippen molar-refractivity contribution in [2.45, 2.75) is 20.0 Å². The van der Waals surface area contributed by atoms with Gasteiger partial charge in [0, 0.05) is 5.69 Å². The number of alkyl halides is 3. The zero-order chi connectivity index (χ0) is 22.2. The number of nitrogens with two attached hydrogens (primary N) is 1. The second-order valence-corrected chi connectivity index (χ2v) is 7.37. The number of hydrogen-bond acceptors (Lipinski definition) is 3. The summed E-state index contributed by atoms with van der Waals surface area (Å²) in [5.41, 5.74) is 6.51. The van der Waals surface area contributed by atoms with Crippen LogP contribution in [0.3, 0.4) is 0 Å². The van der Waals surface area contributed by atoms with Crippen molar-refractivity contribution in [3.05, 3.63) is 89.5 Å². The average Bonchev–Trinajstić information content (AvgIpc) is 2.71. The molecule has 3 nitrogen and oxygen atoms in total. The van der Waals surface area contributed by atoms with Gasteiger partial charge in [-0.3, -0.25) is 0 Å². The van der Waals surface area contributed by atoms with E-state index in [2.05, 4.69) is 0 Å². The van der Waals surface area contributed by atoms with E-state index in [9.17, 15) is 13.2 Å². The van der Waals surface area contributed by atoms with Gasteiger partial charge in [0.2, 0.25) is 0 Å². The van der Waals surface area contributed by atoms with E-state index in [0.29, 0.717) is 11.5 Å². The summed E-state index contributed by atoms with van der Waals surface area (Å²) < 4.78 is 50.9. The van der Waals surface area contributed by atoms with Crippen LogP contribution in [0, 0.1) is 13.8 Å². The second-order valence-electron chi connectivity index (χ2n) is 7.37. The predicted octanol–water partition coefficient (Wildman–Crippen LogP) is 7.64. The van der Waals surface area contributed by atoms with Crippen LogP contribution in [0.4, 0.5) is 18.9 Å². The Kier molecular flexibility index (Phi) is 5.23. The molecule has 0 aromatic heterocycles. The van der Waals surface area contributed by atoms with Gasteiger partial charge in [0.15, 0.2) is 0 Å². The van der Waals surface area contributed by atoms with E-state index in [0.717, 1.165) is 28.2 Å². The van der Waals surface area contributed by atoms with Crippen LogP contribution < -0.4 is 15.2 Å². The number of rotatable bonds is 4. The van der Waals surface area contributed by atoms with Gasteiger partial charge < -0.3 is 15.2 Å². The molecular weight excluding hydrogens is 403 g/mol. The highest BCUT2D eigenvalue weighted by atomic mass is 19.4. The Morgan fingerprint density at radius 2 is 1.13 bits per heavy atom. The SMILES string of the molecule is Cc1ccc(Oc2ccc3ccc(Oc4ccc(N)c(C(F)(F)F)c4)cc3c2)cc1C. The van der Waals surface area contributed by atoms with Crippen molar-refractivity contribution < 1.29 is 22.6 Å². The number of benzene rings is 4. The lowest BCUT2D eigenvalue weighted by Gasteiger charge is -2.13. The van der Waals surface area contributed by atoms with Gasteiger partial charge in [0.25, 0.3) is 0 Å². The fourth-order valence-corrected chi connectivity index (χ4v) is 3.22. The molecule has 0 radical (unpaired) electrons. The first-order valence-corrected chi connectivity index (χ1v) is 9.62. The summed E-state index contributed by atoms with van der Waals surface area (Å²) >= 11 is 0. The van der Waals surface area contributed by atoms with E-state index in [1.807, 2.05) is 56.3 Å². The first kappa shape index (κ1) is 20.6. The monoisotopic (exact) mass is 423 g/mol. The van der Waals surface area contributed by atoms with Crippen molar-refractivity contribution in [2.24, 2.45) is 0 Å². The van der Waals surface area contributed by atoms with E-state index >= 15 is 0 Å². The van der Waals surface area contributed by atoms with Crippen molar-refractivity contribution in [3.8, 4) is 23.0 Å². The Balaban J connectivity index is 1.61. The number of aryl methyl sites for hydroxylation is 2. The van der Waals surface area contributed by atoms with E-state index in [1.54, 1.807) is 12.1 Å². The van der Waals surface area contributed by atoms with E-state index < -0.39 is 11.7 Å². The molecule has 0 aliphatic heterocycles. The van der Waals surface area contributed by atoms with Crippen LogP contribution in [0.2, 0.25) is 0 Å². The molecule has 0 aliphatic carbocycles. The van der Waals surface area contributed by atoms with E-state index in [-0.39, 0.29) is 11.4 Å². The third-order valence-corrected chi connectivity index (χ3v) is 5.06. The standard InChI is InChI=1S/C25H20F3NO2/c1-15-3-6-19(11-16(15)2)30-20-7-4-17-5-8-21(13-18(17)12-20)31-22-9-10-24(29)23(14-22)25(26,27)28/h3-14H,29H2,1-2H3. The van der Waals surface area contributed by atoms with E-state index in [4.69, 9.17) is 15.2 Å². The molecule has 0 unspecified atom stereocenters. The van der Waals surface area contributed by atoms with Gasteiger partial charge in [0.05, 0.1) is 5.56 Å². The van der Waals surface area contributed by atoms with Crippen molar-refractivity contribution >= 4 is 16.5 Å². The summed E-state index contributed by atoms with van der Waals surface area (Å²) in [7, 11) is 0. The first-order chi connectivity index (χ1) is 14.7. The summed E-state index contributed by atoms with van der Waals surface area (Å²) in [6, 6.07) is 20.3.